The second kappa shape index (κ2) is 8.09. The lowest BCUT2D eigenvalue weighted by molar-refractivity contribution is -0.133. The van der Waals surface area contributed by atoms with E-state index in [-0.39, 0.29) is 11.3 Å². The van der Waals surface area contributed by atoms with Crippen LogP contribution < -0.4 is 4.74 Å². The van der Waals surface area contributed by atoms with Gasteiger partial charge in [-0.3, -0.25) is 4.79 Å². The van der Waals surface area contributed by atoms with Gasteiger partial charge in [-0.05, 0) is 55.8 Å². The number of nitrogens with zero attached hydrogens (tertiary/aromatic N) is 2. The summed E-state index contributed by atoms with van der Waals surface area (Å²) in [4.78, 5) is 18.3. The molecule has 1 saturated heterocycles. The molecule has 0 aromatic carbocycles. The number of likely N-dealkylation sites (tertiary alicyclic amines) is 1. The molecule has 140 valence electrons. The van der Waals surface area contributed by atoms with E-state index < -0.39 is 0 Å². The minimum Gasteiger partial charge on any atom is -0.484 e. The number of hydrogen-bond donors (Lipinski definition) is 0. The van der Waals surface area contributed by atoms with Crippen LogP contribution >= 0.6 is 11.3 Å². The summed E-state index contributed by atoms with van der Waals surface area (Å²) in [6.45, 7) is 12.4. The Labute approximate surface area is 156 Å². The van der Waals surface area contributed by atoms with Crippen LogP contribution in [0.5, 0.6) is 5.06 Å². The largest absolute Gasteiger partial charge is 0.484 e. The van der Waals surface area contributed by atoms with Crippen molar-refractivity contribution in [2.24, 2.45) is 5.41 Å². The normalized spacial score (nSPS) is 18.4. The molecule has 1 aromatic rings. The molecule has 0 atom stereocenters. The molecule has 25 heavy (non-hydrogen) atoms. The minimum atomic E-state index is 0.0520. The maximum Gasteiger partial charge on any atom is 0.223 e. The monoisotopic (exact) mass is 364 g/mol. The average molecular weight is 365 g/mol. The predicted octanol–water partition coefficient (Wildman–Crippen LogP) is 3.93. The Hall–Kier alpha value is -1.07. The molecule has 0 bridgehead atoms. The van der Waals surface area contributed by atoms with Crippen molar-refractivity contribution in [3.05, 3.63) is 16.5 Å². The summed E-state index contributed by atoms with van der Waals surface area (Å²) in [5.74, 6) is 0.277. The van der Waals surface area contributed by atoms with E-state index in [9.17, 15) is 4.79 Å². The molecule has 0 aliphatic carbocycles. The summed E-state index contributed by atoms with van der Waals surface area (Å²) < 4.78 is 5.98. The Bertz CT molecular complexity index is 585. The topological polar surface area (TPSA) is 32.8 Å². The highest BCUT2D eigenvalue weighted by atomic mass is 32.1. The van der Waals surface area contributed by atoms with Crippen LogP contribution in [0.25, 0.3) is 0 Å². The van der Waals surface area contributed by atoms with Crippen LogP contribution in [0, 0.1) is 5.41 Å². The molecule has 4 nitrogen and oxygen atoms in total. The number of carbonyl (C=O) groups excluding carboxylic acids is 1. The molecule has 1 amide bonds. The first-order chi connectivity index (χ1) is 11.9. The number of thiophene rings is 1. The van der Waals surface area contributed by atoms with Gasteiger partial charge in [0, 0.05) is 24.4 Å². The smallest absolute Gasteiger partial charge is 0.223 e. The van der Waals surface area contributed by atoms with Crippen molar-refractivity contribution in [2.75, 3.05) is 32.8 Å². The van der Waals surface area contributed by atoms with Gasteiger partial charge in [-0.25, -0.2) is 0 Å². The summed E-state index contributed by atoms with van der Waals surface area (Å²) in [6.07, 6.45) is 5.37. The second-order valence-electron chi connectivity index (χ2n) is 8.57. The van der Waals surface area contributed by atoms with E-state index in [2.05, 4.69) is 31.7 Å². The van der Waals surface area contributed by atoms with Crippen LogP contribution in [0.2, 0.25) is 0 Å². The molecule has 0 N–H and O–H groups in total. The maximum atomic E-state index is 12.5. The Morgan fingerprint density at radius 3 is 2.72 bits per heavy atom. The van der Waals surface area contributed by atoms with Crippen LogP contribution in [-0.4, -0.2) is 48.5 Å². The second-order valence-corrected chi connectivity index (χ2v) is 9.67. The molecule has 0 spiro atoms. The van der Waals surface area contributed by atoms with Gasteiger partial charge >= 0.3 is 0 Å². The van der Waals surface area contributed by atoms with E-state index in [0.717, 1.165) is 44.1 Å². The summed E-state index contributed by atoms with van der Waals surface area (Å²) in [5, 5.41) is 1.02. The number of amides is 1. The molecule has 2 aliphatic heterocycles. The number of fused-ring (bicyclic) bond motifs is 1. The van der Waals surface area contributed by atoms with Gasteiger partial charge in [-0.15, -0.1) is 11.3 Å². The van der Waals surface area contributed by atoms with Crippen molar-refractivity contribution < 1.29 is 9.53 Å². The maximum absolute atomic E-state index is 12.5. The lowest BCUT2D eigenvalue weighted by atomic mass is 9.91. The van der Waals surface area contributed by atoms with Crippen molar-refractivity contribution in [1.29, 1.82) is 0 Å². The molecule has 3 heterocycles. The molecule has 0 unspecified atom stereocenters. The first-order valence-corrected chi connectivity index (χ1v) is 10.5. The summed E-state index contributed by atoms with van der Waals surface area (Å²) >= 11 is 1.73. The van der Waals surface area contributed by atoms with Crippen molar-refractivity contribution in [2.45, 2.75) is 59.4 Å². The van der Waals surface area contributed by atoms with Gasteiger partial charge in [0.25, 0.3) is 0 Å². The van der Waals surface area contributed by atoms with E-state index in [4.69, 9.17) is 4.74 Å². The Balaban J connectivity index is 1.46. The quantitative estimate of drug-likeness (QED) is 0.717. The van der Waals surface area contributed by atoms with Crippen LogP contribution in [0.3, 0.4) is 0 Å². The predicted molar refractivity (Wildman–Crippen MR) is 103 cm³/mol. The molecule has 2 aliphatic rings. The van der Waals surface area contributed by atoms with Crippen LogP contribution in [0.4, 0.5) is 0 Å². The van der Waals surface area contributed by atoms with Crippen molar-refractivity contribution in [3.8, 4) is 5.06 Å². The fourth-order valence-electron chi connectivity index (χ4n) is 3.61. The summed E-state index contributed by atoms with van der Waals surface area (Å²) in [6, 6.07) is 2.20. The lowest BCUT2D eigenvalue weighted by Gasteiger charge is -2.29. The highest BCUT2D eigenvalue weighted by molar-refractivity contribution is 7.14. The average Bonchev–Trinajstić information content (AvgIpc) is 3.18. The van der Waals surface area contributed by atoms with Crippen molar-refractivity contribution in [1.82, 2.24) is 9.80 Å². The Morgan fingerprint density at radius 1 is 1.24 bits per heavy atom. The van der Waals surface area contributed by atoms with Crippen molar-refractivity contribution >= 4 is 17.2 Å². The van der Waals surface area contributed by atoms with Crippen LogP contribution in [0.1, 0.15) is 56.9 Å². The van der Waals surface area contributed by atoms with Gasteiger partial charge in [0.15, 0.2) is 5.06 Å². The molecule has 5 heteroatoms. The third kappa shape index (κ3) is 5.45. The molecule has 0 radical (unpaired) electrons. The van der Waals surface area contributed by atoms with Gasteiger partial charge in [-0.2, -0.15) is 0 Å². The zero-order valence-electron chi connectivity index (χ0n) is 16.0. The van der Waals surface area contributed by atoms with Gasteiger partial charge in [0.2, 0.25) is 5.91 Å². The fraction of sp³-hybridized carbons (Fsp3) is 0.750. The Kier molecular flexibility index (Phi) is 6.05. The number of rotatable bonds is 6. The highest BCUT2D eigenvalue weighted by Gasteiger charge is 2.26. The third-order valence-corrected chi connectivity index (χ3v) is 6.03. The van der Waals surface area contributed by atoms with Crippen molar-refractivity contribution in [3.63, 3.8) is 0 Å². The van der Waals surface area contributed by atoms with E-state index in [0.29, 0.717) is 6.42 Å². The van der Waals surface area contributed by atoms with Crippen LogP contribution in [0.15, 0.2) is 6.07 Å². The lowest BCUT2D eigenvalue weighted by Crippen LogP contribution is -2.37. The van der Waals surface area contributed by atoms with E-state index in [1.807, 2.05) is 4.90 Å². The van der Waals surface area contributed by atoms with Gasteiger partial charge in [-0.1, -0.05) is 20.8 Å². The SMILES string of the molecule is CC(C)(C)CC(=O)N1CCc2cc(OCCCN3CCCC3)sc2C1. The fourth-order valence-corrected chi connectivity index (χ4v) is 4.71. The molecular formula is C20H32N2O2S. The number of hydrogen-bond acceptors (Lipinski definition) is 4. The first kappa shape index (κ1) is 18.7. The van der Waals surface area contributed by atoms with Gasteiger partial charge in [0.05, 0.1) is 13.2 Å². The Morgan fingerprint density at radius 2 is 2.00 bits per heavy atom. The first-order valence-electron chi connectivity index (χ1n) is 9.65. The summed E-state index contributed by atoms with van der Waals surface area (Å²) in [5.41, 5.74) is 1.43. The number of carbonyl (C=O) groups is 1. The van der Waals surface area contributed by atoms with E-state index >= 15 is 0 Å². The summed E-state index contributed by atoms with van der Waals surface area (Å²) in [7, 11) is 0. The molecule has 0 saturated carbocycles. The third-order valence-electron chi connectivity index (χ3n) is 4.96. The minimum absolute atomic E-state index is 0.0520. The standard InChI is InChI=1S/C20H32N2O2S/c1-20(2,3)14-18(23)22-11-7-16-13-19(25-17(16)15-22)24-12-6-10-21-8-4-5-9-21/h13H,4-12,14-15H2,1-3H3. The van der Waals surface area contributed by atoms with Gasteiger partial charge in [0.1, 0.15) is 0 Å². The van der Waals surface area contributed by atoms with Crippen LogP contribution in [-0.2, 0) is 17.8 Å². The molecule has 1 fully saturated rings. The molecule has 3 rings (SSSR count). The molecule has 1 aromatic heterocycles. The van der Waals surface area contributed by atoms with Gasteiger partial charge < -0.3 is 14.5 Å². The zero-order valence-corrected chi connectivity index (χ0v) is 16.8. The number of ether oxygens (including phenoxy) is 1. The van der Waals surface area contributed by atoms with E-state index in [1.165, 1.54) is 36.4 Å². The highest BCUT2D eigenvalue weighted by Crippen LogP contribution is 2.34. The van der Waals surface area contributed by atoms with E-state index in [1.54, 1.807) is 11.3 Å². The zero-order chi connectivity index (χ0) is 17.9. The molecular weight excluding hydrogens is 332 g/mol.